The molecule has 5 heteroatoms. The largest absolute Gasteiger partial charge is 0.475 e. The first-order valence-corrected chi connectivity index (χ1v) is 5.64. The van der Waals surface area contributed by atoms with Gasteiger partial charge in [-0.2, -0.15) is 0 Å². The minimum absolute atomic E-state index is 0.0994. The Morgan fingerprint density at radius 3 is 2.56 bits per heavy atom. The second-order valence-electron chi connectivity index (χ2n) is 4.05. The Morgan fingerprint density at radius 1 is 1.11 bits per heavy atom. The SMILES string of the molecule is CC(C)Oc1ccc(Oc2cncc(N)c2)cn1. The van der Waals surface area contributed by atoms with E-state index in [0.717, 1.165) is 0 Å². The predicted molar refractivity (Wildman–Crippen MR) is 68.7 cm³/mol. The van der Waals surface area contributed by atoms with Gasteiger partial charge in [0.2, 0.25) is 5.88 Å². The molecule has 0 radical (unpaired) electrons. The lowest BCUT2D eigenvalue weighted by Gasteiger charge is -2.09. The summed E-state index contributed by atoms with van der Waals surface area (Å²) >= 11 is 0. The molecule has 0 saturated heterocycles. The van der Waals surface area contributed by atoms with Crippen molar-refractivity contribution >= 4 is 5.69 Å². The van der Waals surface area contributed by atoms with Gasteiger partial charge in [-0.25, -0.2) is 4.98 Å². The van der Waals surface area contributed by atoms with Gasteiger partial charge in [-0.05, 0) is 19.9 Å². The van der Waals surface area contributed by atoms with E-state index < -0.39 is 0 Å². The van der Waals surface area contributed by atoms with Gasteiger partial charge in [0.15, 0.2) is 0 Å². The number of hydrogen-bond acceptors (Lipinski definition) is 5. The molecule has 5 nitrogen and oxygen atoms in total. The highest BCUT2D eigenvalue weighted by Crippen LogP contribution is 2.22. The Kier molecular flexibility index (Phi) is 3.62. The van der Waals surface area contributed by atoms with Crippen molar-refractivity contribution in [2.75, 3.05) is 5.73 Å². The minimum atomic E-state index is 0.0994. The van der Waals surface area contributed by atoms with Crippen LogP contribution in [0.1, 0.15) is 13.8 Å². The number of nitrogens with two attached hydrogens (primary N) is 1. The highest BCUT2D eigenvalue weighted by molar-refractivity contribution is 5.41. The number of hydrogen-bond donors (Lipinski definition) is 1. The van der Waals surface area contributed by atoms with Crippen molar-refractivity contribution in [1.29, 1.82) is 0 Å². The van der Waals surface area contributed by atoms with E-state index in [1.807, 2.05) is 13.8 Å². The summed E-state index contributed by atoms with van der Waals surface area (Å²) in [5.41, 5.74) is 6.17. The van der Waals surface area contributed by atoms with Crippen LogP contribution in [0.25, 0.3) is 0 Å². The molecule has 0 aliphatic rings. The number of pyridine rings is 2. The zero-order valence-electron chi connectivity index (χ0n) is 10.3. The quantitative estimate of drug-likeness (QED) is 0.896. The third-order valence-corrected chi connectivity index (χ3v) is 2.04. The van der Waals surface area contributed by atoms with Crippen LogP contribution in [0.2, 0.25) is 0 Å². The minimum Gasteiger partial charge on any atom is -0.475 e. The molecule has 2 aromatic heterocycles. The van der Waals surface area contributed by atoms with Gasteiger partial charge < -0.3 is 15.2 Å². The van der Waals surface area contributed by atoms with Crippen LogP contribution in [0.4, 0.5) is 5.69 Å². The molecule has 0 amide bonds. The molecule has 18 heavy (non-hydrogen) atoms. The second kappa shape index (κ2) is 5.35. The van der Waals surface area contributed by atoms with Gasteiger partial charge in [0.05, 0.1) is 30.4 Å². The monoisotopic (exact) mass is 245 g/mol. The molecule has 0 unspecified atom stereocenters. The van der Waals surface area contributed by atoms with Crippen LogP contribution in [-0.4, -0.2) is 16.1 Å². The molecule has 2 N–H and O–H groups in total. The van der Waals surface area contributed by atoms with E-state index in [2.05, 4.69) is 9.97 Å². The van der Waals surface area contributed by atoms with Crippen molar-refractivity contribution in [2.45, 2.75) is 20.0 Å². The standard InChI is InChI=1S/C13H15N3O2/c1-9(2)17-13-4-3-11(8-16-13)18-12-5-10(14)6-15-7-12/h3-9H,14H2,1-2H3. The van der Waals surface area contributed by atoms with Crippen molar-refractivity contribution in [3.8, 4) is 17.4 Å². The molecule has 0 aliphatic carbocycles. The van der Waals surface area contributed by atoms with Crippen LogP contribution in [-0.2, 0) is 0 Å². The van der Waals surface area contributed by atoms with Crippen molar-refractivity contribution < 1.29 is 9.47 Å². The van der Waals surface area contributed by atoms with E-state index in [0.29, 0.717) is 23.1 Å². The van der Waals surface area contributed by atoms with Crippen LogP contribution in [0, 0.1) is 0 Å². The van der Waals surface area contributed by atoms with E-state index in [4.69, 9.17) is 15.2 Å². The normalized spacial score (nSPS) is 10.4. The summed E-state index contributed by atoms with van der Waals surface area (Å²) in [5, 5.41) is 0. The highest BCUT2D eigenvalue weighted by atomic mass is 16.5. The second-order valence-corrected chi connectivity index (χ2v) is 4.05. The summed E-state index contributed by atoms with van der Waals surface area (Å²) in [6.07, 6.45) is 4.85. The summed E-state index contributed by atoms with van der Waals surface area (Å²) in [6, 6.07) is 5.24. The zero-order valence-corrected chi connectivity index (χ0v) is 10.3. The van der Waals surface area contributed by atoms with E-state index in [1.54, 1.807) is 36.8 Å². The molecular weight excluding hydrogens is 230 g/mol. The third kappa shape index (κ3) is 3.35. The molecule has 0 saturated carbocycles. The van der Waals surface area contributed by atoms with Crippen LogP contribution in [0.3, 0.4) is 0 Å². The molecule has 0 aromatic carbocycles. The van der Waals surface area contributed by atoms with Gasteiger partial charge in [-0.15, -0.1) is 0 Å². The summed E-state index contributed by atoms with van der Waals surface area (Å²) in [4.78, 5) is 8.08. The maximum atomic E-state index is 5.61. The maximum absolute atomic E-state index is 5.61. The summed E-state index contributed by atoms with van der Waals surface area (Å²) in [5.74, 6) is 1.76. The van der Waals surface area contributed by atoms with Crippen LogP contribution >= 0.6 is 0 Å². The molecule has 0 fully saturated rings. The van der Waals surface area contributed by atoms with Gasteiger partial charge in [-0.1, -0.05) is 0 Å². The summed E-state index contributed by atoms with van der Waals surface area (Å²) in [7, 11) is 0. The van der Waals surface area contributed by atoms with Gasteiger partial charge in [-0.3, -0.25) is 4.98 Å². The van der Waals surface area contributed by atoms with Crippen LogP contribution in [0.5, 0.6) is 17.4 Å². The number of anilines is 1. The average Bonchev–Trinajstić information content (AvgIpc) is 2.31. The Morgan fingerprint density at radius 2 is 1.94 bits per heavy atom. The average molecular weight is 245 g/mol. The molecule has 2 aromatic rings. The van der Waals surface area contributed by atoms with Gasteiger partial charge >= 0.3 is 0 Å². The molecule has 2 rings (SSSR count). The van der Waals surface area contributed by atoms with E-state index in [1.165, 1.54) is 0 Å². The predicted octanol–water partition coefficient (Wildman–Crippen LogP) is 2.64. The van der Waals surface area contributed by atoms with E-state index >= 15 is 0 Å². The summed E-state index contributed by atoms with van der Waals surface area (Å²) in [6.45, 7) is 3.90. The van der Waals surface area contributed by atoms with Gasteiger partial charge in [0.25, 0.3) is 0 Å². The number of ether oxygens (including phenoxy) is 2. The Labute approximate surface area is 106 Å². The third-order valence-electron chi connectivity index (χ3n) is 2.04. The van der Waals surface area contributed by atoms with E-state index in [9.17, 15) is 0 Å². The Balaban J connectivity index is 2.06. The first-order valence-electron chi connectivity index (χ1n) is 5.64. The molecule has 0 atom stereocenters. The lowest BCUT2D eigenvalue weighted by molar-refractivity contribution is 0.232. The molecule has 0 aliphatic heterocycles. The first-order chi connectivity index (χ1) is 8.63. The maximum Gasteiger partial charge on any atom is 0.213 e. The Hall–Kier alpha value is -2.30. The van der Waals surface area contributed by atoms with Crippen molar-refractivity contribution in [2.24, 2.45) is 0 Å². The fraction of sp³-hybridized carbons (Fsp3) is 0.231. The fourth-order valence-corrected chi connectivity index (χ4v) is 1.37. The van der Waals surface area contributed by atoms with Crippen molar-refractivity contribution in [3.63, 3.8) is 0 Å². The molecule has 0 bridgehead atoms. The smallest absolute Gasteiger partial charge is 0.213 e. The lowest BCUT2D eigenvalue weighted by atomic mass is 10.4. The van der Waals surface area contributed by atoms with Gasteiger partial charge in [0.1, 0.15) is 11.5 Å². The van der Waals surface area contributed by atoms with Gasteiger partial charge in [0, 0.05) is 12.1 Å². The zero-order chi connectivity index (χ0) is 13.0. The topological polar surface area (TPSA) is 70.3 Å². The Bertz CT molecular complexity index is 512. The lowest BCUT2D eigenvalue weighted by Crippen LogP contribution is -2.06. The number of nitrogens with zero attached hydrogens (tertiary/aromatic N) is 2. The number of rotatable bonds is 4. The fourth-order valence-electron chi connectivity index (χ4n) is 1.37. The van der Waals surface area contributed by atoms with E-state index in [-0.39, 0.29) is 6.10 Å². The molecule has 94 valence electrons. The molecule has 0 spiro atoms. The number of aromatic nitrogens is 2. The van der Waals surface area contributed by atoms with Crippen molar-refractivity contribution in [3.05, 3.63) is 36.8 Å². The number of nitrogen functional groups attached to an aromatic ring is 1. The van der Waals surface area contributed by atoms with Crippen LogP contribution in [0.15, 0.2) is 36.8 Å². The summed E-state index contributed by atoms with van der Waals surface area (Å²) < 4.78 is 11.0. The highest BCUT2D eigenvalue weighted by Gasteiger charge is 2.02. The molecular formula is C13H15N3O2. The first kappa shape index (κ1) is 12.2. The van der Waals surface area contributed by atoms with Crippen LogP contribution < -0.4 is 15.2 Å². The molecule has 2 heterocycles. The van der Waals surface area contributed by atoms with Crippen molar-refractivity contribution in [1.82, 2.24) is 9.97 Å².